The number of methoxy groups -OCH3 is 1. The monoisotopic (exact) mass is 294 g/mol. The fourth-order valence-corrected chi connectivity index (χ4v) is 1.65. The van der Waals surface area contributed by atoms with Crippen LogP contribution in [-0.2, 0) is 20.7 Å². The van der Waals surface area contributed by atoms with Crippen LogP contribution in [0.1, 0.15) is 26.3 Å². The van der Waals surface area contributed by atoms with Gasteiger partial charge in [0.2, 0.25) is 0 Å². The minimum atomic E-state index is -0.873. The zero-order valence-electron chi connectivity index (χ0n) is 12.6. The first-order chi connectivity index (χ1) is 9.71. The van der Waals surface area contributed by atoms with E-state index in [0.717, 1.165) is 5.56 Å². The standard InChI is InChI=1S/C15H21NO5/c1-15(2,3)21-14(19)16-12(13(18)20-4)9-10-5-7-11(17)8-6-10/h5-8,12,17H,9H2,1-4H3,(H,16,19)/p-1. The van der Waals surface area contributed by atoms with Crippen LogP contribution in [0.4, 0.5) is 4.79 Å². The summed E-state index contributed by atoms with van der Waals surface area (Å²) in [6.07, 6.45) is -0.481. The number of hydrogen-bond acceptors (Lipinski definition) is 5. The summed E-state index contributed by atoms with van der Waals surface area (Å²) in [5.41, 5.74) is 0.0793. The lowest BCUT2D eigenvalue weighted by molar-refractivity contribution is -0.268. The van der Waals surface area contributed by atoms with E-state index >= 15 is 0 Å². The highest BCUT2D eigenvalue weighted by molar-refractivity contribution is 5.81. The van der Waals surface area contributed by atoms with Gasteiger partial charge in [0.15, 0.2) is 0 Å². The number of nitrogens with one attached hydrogen (secondary N) is 1. The van der Waals surface area contributed by atoms with E-state index in [0.29, 0.717) is 0 Å². The van der Waals surface area contributed by atoms with E-state index in [9.17, 15) is 14.7 Å². The first kappa shape index (κ1) is 16.8. The molecule has 1 rings (SSSR count). The Bertz CT molecular complexity index is 490. The summed E-state index contributed by atoms with van der Waals surface area (Å²) in [6, 6.07) is 5.14. The van der Waals surface area contributed by atoms with Gasteiger partial charge in [-0.05, 0) is 26.3 Å². The van der Waals surface area contributed by atoms with E-state index < -0.39 is 23.7 Å². The Morgan fingerprint density at radius 1 is 1.24 bits per heavy atom. The van der Waals surface area contributed by atoms with Crippen molar-refractivity contribution in [1.29, 1.82) is 0 Å². The molecule has 6 nitrogen and oxygen atoms in total. The van der Waals surface area contributed by atoms with Gasteiger partial charge in [0.05, 0.1) is 7.11 Å². The number of alkyl carbamates (subject to hydrolysis) is 1. The van der Waals surface area contributed by atoms with Crippen molar-refractivity contribution in [3.63, 3.8) is 0 Å². The summed E-state index contributed by atoms with van der Waals surface area (Å²) in [4.78, 5) is 23.5. The van der Waals surface area contributed by atoms with Gasteiger partial charge in [-0.1, -0.05) is 24.3 Å². The molecule has 0 radical (unpaired) electrons. The van der Waals surface area contributed by atoms with Crippen molar-refractivity contribution in [2.24, 2.45) is 0 Å². The SMILES string of the molecule is COC(=O)C(Cc1ccc([O-])cc1)NC(=O)OC(C)(C)C. The van der Waals surface area contributed by atoms with Crippen molar-refractivity contribution in [2.75, 3.05) is 7.11 Å². The van der Waals surface area contributed by atoms with Crippen LogP contribution in [0, 0.1) is 0 Å². The highest BCUT2D eigenvalue weighted by atomic mass is 16.6. The molecule has 0 aromatic heterocycles. The third-order valence-electron chi connectivity index (χ3n) is 2.54. The predicted molar refractivity (Wildman–Crippen MR) is 74.8 cm³/mol. The zero-order valence-corrected chi connectivity index (χ0v) is 12.6. The Balaban J connectivity index is 2.74. The Kier molecular flexibility index (Phi) is 5.58. The molecule has 6 heteroatoms. The lowest BCUT2D eigenvalue weighted by Crippen LogP contribution is -2.45. The van der Waals surface area contributed by atoms with Gasteiger partial charge in [-0.25, -0.2) is 9.59 Å². The maximum Gasteiger partial charge on any atom is 0.408 e. The maximum absolute atomic E-state index is 11.7. The largest absolute Gasteiger partial charge is 0.872 e. The molecular formula is C15H20NO5-. The molecule has 116 valence electrons. The van der Waals surface area contributed by atoms with E-state index in [4.69, 9.17) is 4.74 Å². The summed E-state index contributed by atoms with van der Waals surface area (Å²) in [7, 11) is 1.24. The number of benzene rings is 1. The number of ether oxygens (including phenoxy) is 2. The summed E-state index contributed by atoms with van der Waals surface area (Å²) in [6.45, 7) is 5.19. The Morgan fingerprint density at radius 2 is 1.81 bits per heavy atom. The minimum Gasteiger partial charge on any atom is -0.872 e. The molecule has 0 saturated carbocycles. The second kappa shape index (κ2) is 6.97. The van der Waals surface area contributed by atoms with Gasteiger partial charge in [-0.2, -0.15) is 0 Å². The van der Waals surface area contributed by atoms with Gasteiger partial charge in [-0.15, -0.1) is 5.75 Å². The predicted octanol–water partition coefficient (Wildman–Crippen LogP) is 1.37. The van der Waals surface area contributed by atoms with E-state index in [1.54, 1.807) is 32.9 Å². The van der Waals surface area contributed by atoms with Crippen LogP contribution in [0.2, 0.25) is 0 Å². The number of rotatable bonds is 4. The molecule has 0 bridgehead atoms. The van der Waals surface area contributed by atoms with Gasteiger partial charge in [0, 0.05) is 6.42 Å². The van der Waals surface area contributed by atoms with Crippen molar-refractivity contribution in [1.82, 2.24) is 5.32 Å². The van der Waals surface area contributed by atoms with Crippen LogP contribution in [-0.4, -0.2) is 30.8 Å². The molecule has 1 amide bonds. The lowest BCUT2D eigenvalue weighted by Gasteiger charge is -2.22. The molecule has 0 heterocycles. The molecule has 0 aliphatic rings. The van der Waals surface area contributed by atoms with Gasteiger partial charge in [0.1, 0.15) is 11.6 Å². The quantitative estimate of drug-likeness (QED) is 0.847. The Morgan fingerprint density at radius 3 is 2.29 bits per heavy atom. The summed E-state index contributed by atoms with van der Waals surface area (Å²) >= 11 is 0. The first-order valence-electron chi connectivity index (χ1n) is 6.54. The number of esters is 1. The van der Waals surface area contributed by atoms with Crippen LogP contribution in [0.25, 0.3) is 0 Å². The number of hydrogen-bond donors (Lipinski definition) is 1. The normalized spacial score (nSPS) is 12.4. The summed E-state index contributed by atoms with van der Waals surface area (Å²) in [5, 5.41) is 13.5. The van der Waals surface area contributed by atoms with Gasteiger partial charge < -0.3 is 19.9 Å². The Hall–Kier alpha value is -2.24. The molecule has 1 aromatic rings. The highest BCUT2D eigenvalue weighted by Gasteiger charge is 2.25. The molecule has 0 spiro atoms. The molecule has 0 aliphatic carbocycles. The van der Waals surface area contributed by atoms with E-state index in [2.05, 4.69) is 10.1 Å². The van der Waals surface area contributed by atoms with Crippen molar-refractivity contribution >= 4 is 12.1 Å². The molecule has 1 unspecified atom stereocenters. The average Bonchev–Trinajstić information content (AvgIpc) is 2.37. The van der Waals surface area contributed by atoms with E-state index in [1.165, 1.54) is 19.2 Å². The van der Waals surface area contributed by atoms with Crippen molar-refractivity contribution in [3.8, 4) is 5.75 Å². The number of amides is 1. The molecule has 1 N–H and O–H groups in total. The number of carbonyl (C=O) groups is 2. The van der Waals surface area contributed by atoms with E-state index in [1.807, 2.05) is 0 Å². The topological polar surface area (TPSA) is 87.7 Å². The fourth-order valence-electron chi connectivity index (χ4n) is 1.65. The van der Waals surface area contributed by atoms with Crippen molar-refractivity contribution < 1.29 is 24.2 Å². The van der Waals surface area contributed by atoms with Gasteiger partial charge in [-0.3, -0.25) is 0 Å². The Labute approximate surface area is 124 Å². The van der Waals surface area contributed by atoms with Gasteiger partial charge >= 0.3 is 12.1 Å². The second-order valence-electron chi connectivity index (χ2n) is 5.57. The average molecular weight is 294 g/mol. The number of carbonyl (C=O) groups excluding carboxylic acids is 2. The first-order valence-corrected chi connectivity index (χ1v) is 6.54. The molecule has 21 heavy (non-hydrogen) atoms. The summed E-state index contributed by atoms with van der Waals surface area (Å²) in [5.74, 6) is -0.694. The molecular weight excluding hydrogens is 274 g/mol. The zero-order chi connectivity index (χ0) is 16.0. The summed E-state index contributed by atoms with van der Waals surface area (Å²) < 4.78 is 9.78. The molecule has 0 aliphatic heterocycles. The lowest BCUT2D eigenvalue weighted by atomic mass is 10.1. The van der Waals surface area contributed by atoms with Crippen molar-refractivity contribution in [2.45, 2.75) is 38.8 Å². The maximum atomic E-state index is 11.7. The second-order valence-corrected chi connectivity index (χ2v) is 5.57. The van der Waals surface area contributed by atoms with Crippen LogP contribution in [0.3, 0.4) is 0 Å². The van der Waals surface area contributed by atoms with E-state index in [-0.39, 0.29) is 12.2 Å². The van der Waals surface area contributed by atoms with Crippen LogP contribution < -0.4 is 10.4 Å². The van der Waals surface area contributed by atoms with Gasteiger partial charge in [0.25, 0.3) is 0 Å². The highest BCUT2D eigenvalue weighted by Crippen LogP contribution is 2.11. The minimum absolute atomic E-state index is 0.117. The third-order valence-corrected chi connectivity index (χ3v) is 2.54. The molecule has 0 saturated heterocycles. The van der Waals surface area contributed by atoms with Crippen LogP contribution >= 0.6 is 0 Å². The van der Waals surface area contributed by atoms with Crippen LogP contribution in [0.15, 0.2) is 24.3 Å². The molecule has 1 atom stereocenters. The van der Waals surface area contributed by atoms with Crippen LogP contribution in [0.5, 0.6) is 5.75 Å². The smallest absolute Gasteiger partial charge is 0.408 e. The van der Waals surface area contributed by atoms with Crippen molar-refractivity contribution in [3.05, 3.63) is 29.8 Å². The fraction of sp³-hybridized carbons (Fsp3) is 0.467. The molecule has 1 aromatic carbocycles. The third kappa shape index (κ3) is 6.16. The molecule has 0 fully saturated rings.